The molecule has 0 unspecified atom stereocenters. The number of carbonyl (C=O) groups excluding carboxylic acids is 2. The van der Waals surface area contributed by atoms with E-state index in [4.69, 9.17) is 14.2 Å². The average Bonchev–Trinajstić information content (AvgIpc) is 3.42. The van der Waals surface area contributed by atoms with Gasteiger partial charge in [0.05, 0.1) is 20.8 Å². The summed E-state index contributed by atoms with van der Waals surface area (Å²) >= 11 is 1.68. The minimum absolute atomic E-state index is 0.0118. The molecule has 4 aromatic rings. The molecule has 0 fully saturated rings. The summed E-state index contributed by atoms with van der Waals surface area (Å²) in [5.74, 6) is 1.07. The molecule has 7 nitrogen and oxygen atoms in total. The first kappa shape index (κ1) is 30.1. The van der Waals surface area contributed by atoms with Gasteiger partial charge in [-0.15, -0.1) is 11.3 Å². The van der Waals surface area contributed by atoms with Crippen molar-refractivity contribution in [3.63, 3.8) is 0 Å². The number of fused-ring (bicyclic) bond motifs is 1. The highest BCUT2D eigenvalue weighted by Crippen LogP contribution is 2.28. The number of thiophene rings is 1. The largest absolute Gasteiger partial charge is 0.493 e. The van der Waals surface area contributed by atoms with Gasteiger partial charge < -0.3 is 24.0 Å². The van der Waals surface area contributed by atoms with Crippen LogP contribution in [0.15, 0.2) is 72.8 Å². The zero-order chi connectivity index (χ0) is 29.2. The van der Waals surface area contributed by atoms with Gasteiger partial charge >= 0.3 is 0 Å². The van der Waals surface area contributed by atoms with Crippen LogP contribution in [0.3, 0.4) is 0 Å². The Morgan fingerprint density at radius 3 is 2.34 bits per heavy atom. The van der Waals surface area contributed by atoms with Gasteiger partial charge in [-0.05, 0) is 66.4 Å². The summed E-state index contributed by atoms with van der Waals surface area (Å²) < 4.78 is 16.1. The van der Waals surface area contributed by atoms with Crippen LogP contribution in [0.1, 0.15) is 32.1 Å². The fourth-order valence-electron chi connectivity index (χ4n) is 4.85. The molecule has 0 aliphatic carbocycles. The molecule has 2 amide bonds. The Balaban J connectivity index is 1.57. The van der Waals surface area contributed by atoms with Crippen molar-refractivity contribution < 1.29 is 23.8 Å². The third-order valence-corrected chi connectivity index (χ3v) is 8.01. The number of amides is 2. The normalized spacial score (nSPS) is 10.9. The SMILES string of the molecule is COCCCN(CC(=O)N(CCc1ccc(OC)c(OC)c1)Cc1ccc(C)s1)C(=O)c1cccc2ccccc12. The van der Waals surface area contributed by atoms with E-state index in [1.54, 1.807) is 37.6 Å². The summed E-state index contributed by atoms with van der Waals surface area (Å²) in [7, 11) is 4.86. The predicted molar refractivity (Wildman–Crippen MR) is 164 cm³/mol. The molecule has 4 rings (SSSR count). The van der Waals surface area contributed by atoms with Gasteiger partial charge in [0.15, 0.2) is 11.5 Å². The van der Waals surface area contributed by atoms with Crippen LogP contribution in [0.25, 0.3) is 10.8 Å². The summed E-state index contributed by atoms with van der Waals surface area (Å²) in [4.78, 5) is 33.6. The highest BCUT2D eigenvalue weighted by atomic mass is 32.1. The van der Waals surface area contributed by atoms with E-state index >= 15 is 0 Å². The minimum Gasteiger partial charge on any atom is -0.493 e. The molecule has 1 aromatic heterocycles. The van der Waals surface area contributed by atoms with Gasteiger partial charge in [0, 0.05) is 42.1 Å². The number of carbonyl (C=O) groups is 2. The summed E-state index contributed by atoms with van der Waals surface area (Å²) in [6.07, 6.45) is 1.27. The fraction of sp³-hybridized carbons (Fsp3) is 0.333. The molecular formula is C33H38N2O5S. The van der Waals surface area contributed by atoms with Crippen molar-refractivity contribution in [3.8, 4) is 11.5 Å². The molecule has 0 saturated heterocycles. The summed E-state index contributed by atoms with van der Waals surface area (Å²) in [6, 6.07) is 23.5. The molecule has 0 spiro atoms. The summed E-state index contributed by atoms with van der Waals surface area (Å²) in [5.41, 5.74) is 1.63. The average molecular weight is 575 g/mol. The van der Waals surface area contributed by atoms with Gasteiger partial charge in [0.2, 0.25) is 5.91 Å². The van der Waals surface area contributed by atoms with Crippen LogP contribution in [0, 0.1) is 6.92 Å². The molecular weight excluding hydrogens is 536 g/mol. The molecule has 0 saturated carbocycles. The topological polar surface area (TPSA) is 68.3 Å². The number of nitrogens with zero attached hydrogens (tertiary/aromatic N) is 2. The van der Waals surface area contributed by atoms with Crippen molar-refractivity contribution in [2.24, 2.45) is 0 Å². The predicted octanol–water partition coefficient (Wildman–Crippen LogP) is 5.98. The molecule has 3 aromatic carbocycles. The maximum absolute atomic E-state index is 13.9. The smallest absolute Gasteiger partial charge is 0.254 e. The first-order valence-corrected chi connectivity index (χ1v) is 14.5. The van der Waals surface area contributed by atoms with E-state index in [2.05, 4.69) is 19.1 Å². The second kappa shape index (κ2) is 14.7. The Bertz CT molecular complexity index is 1460. The number of aryl methyl sites for hydroxylation is 1. The Hall–Kier alpha value is -3.88. The lowest BCUT2D eigenvalue weighted by Crippen LogP contribution is -2.44. The second-order valence-electron chi connectivity index (χ2n) is 9.87. The number of rotatable bonds is 14. The molecule has 0 atom stereocenters. The van der Waals surface area contributed by atoms with Crippen LogP contribution in [0.5, 0.6) is 11.5 Å². The van der Waals surface area contributed by atoms with E-state index in [9.17, 15) is 9.59 Å². The van der Waals surface area contributed by atoms with E-state index in [1.807, 2.05) is 65.6 Å². The lowest BCUT2D eigenvalue weighted by atomic mass is 10.0. The number of hydrogen-bond acceptors (Lipinski definition) is 6. The lowest BCUT2D eigenvalue weighted by molar-refractivity contribution is -0.132. The molecule has 0 bridgehead atoms. The Morgan fingerprint density at radius 1 is 0.829 bits per heavy atom. The lowest BCUT2D eigenvalue weighted by Gasteiger charge is -2.28. The zero-order valence-electron chi connectivity index (χ0n) is 24.2. The second-order valence-corrected chi connectivity index (χ2v) is 11.2. The standard InChI is InChI=1S/C33H38N2O5S/c1-24-13-15-27(41-24)22-34(19-17-25-14-16-30(39-3)31(21-25)40-4)32(36)23-35(18-8-20-38-2)33(37)29-12-7-10-26-9-5-6-11-28(26)29/h5-7,9-16,21H,8,17-20,22-23H2,1-4H3. The maximum Gasteiger partial charge on any atom is 0.254 e. The third kappa shape index (κ3) is 7.86. The van der Waals surface area contributed by atoms with E-state index < -0.39 is 0 Å². The fourth-order valence-corrected chi connectivity index (χ4v) is 5.75. The molecule has 0 aliphatic rings. The quantitative estimate of drug-likeness (QED) is 0.174. The van der Waals surface area contributed by atoms with Crippen LogP contribution in [-0.2, 0) is 22.5 Å². The molecule has 8 heteroatoms. The zero-order valence-corrected chi connectivity index (χ0v) is 25.0. The van der Waals surface area contributed by atoms with E-state index in [0.29, 0.717) is 56.1 Å². The number of methoxy groups -OCH3 is 3. The van der Waals surface area contributed by atoms with Crippen LogP contribution >= 0.6 is 11.3 Å². The van der Waals surface area contributed by atoms with Crippen molar-refractivity contribution in [2.75, 3.05) is 47.6 Å². The van der Waals surface area contributed by atoms with Crippen LogP contribution in [-0.4, -0.2) is 69.2 Å². The first-order valence-electron chi connectivity index (χ1n) is 13.7. The third-order valence-electron chi connectivity index (χ3n) is 7.02. The van der Waals surface area contributed by atoms with Gasteiger partial charge in [-0.3, -0.25) is 9.59 Å². The van der Waals surface area contributed by atoms with Crippen molar-refractivity contribution in [3.05, 3.63) is 93.7 Å². The van der Waals surface area contributed by atoms with Gasteiger partial charge in [-0.25, -0.2) is 0 Å². The molecule has 1 heterocycles. The van der Waals surface area contributed by atoms with Crippen molar-refractivity contribution in [1.82, 2.24) is 9.80 Å². The van der Waals surface area contributed by atoms with Gasteiger partial charge in [0.25, 0.3) is 5.91 Å². The Kier molecular flexibility index (Phi) is 10.8. The highest BCUT2D eigenvalue weighted by molar-refractivity contribution is 7.11. The molecule has 41 heavy (non-hydrogen) atoms. The van der Waals surface area contributed by atoms with Gasteiger partial charge in [-0.1, -0.05) is 42.5 Å². The van der Waals surface area contributed by atoms with Gasteiger partial charge in [-0.2, -0.15) is 0 Å². The number of benzene rings is 3. The Morgan fingerprint density at radius 2 is 1.61 bits per heavy atom. The van der Waals surface area contributed by atoms with Crippen molar-refractivity contribution in [1.29, 1.82) is 0 Å². The Labute approximate surface area is 246 Å². The van der Waals surface area contributed by atoms with Gasteiger partial charge in [0.1, 0.15) is 6.54 Å². The molecule has 0 N–H and O–H groups in total. The van der Waals surface area contributed by atoms with Crippen LogP contribution in [0.4, 0.5) is 0 Å². The first-order chi connectivity index (χ1) is 19.9. The number of ether oxygens (including phenoxy) is 3. The summed E-state index contributed by atoms with van der Waals surface area (Å²) in [6.45, 7) is 3.96. The molecule has 0 aliphatic heterocycles. The van der Waals surface area contributed by atoms with Crippen molar-refractivity contribution >= 4 is 33.9 Å². The highest BCUT2D eigenvalue weighted by Gasteiger charge is 2.24. The maximum atomic E-state index is 13.9. The van der Waals surface area contributed by atoms with Crippen LogP contribution in [0.2, 0.25) is 0 Å². The van der Waals surface area contributed by atoms with E-state index in [0.717, 1.165) is 21.2 Å². The summed E-state index contributed by atoms with van der Waals surface area (Å²) in [5, 5.41) is 1.87. The number of hydrogen-bond donors (Lipinski definition) is 0. The van der Waals surface area contributed by atoms with Crippen LogP contribution < -0.4 is 9.47 Å². The molecule has 0 radical (unpaired) electrons. The monoisotopic (exact) mass is 574 g/mol. The minimum atomic E-state index is -0.155. The molecule has 216 valence electrons. The van der Waals surface area contributed by atoms with E-state index in [1.165, 1.54) is 4.88 Å². The van der Waals surface area contributed by atoms with Crippen molar-refractivity contribution in [2.45, 2.75) is 26.3 Å². The van der Waals surface area contributed by atoms with E-state index in [-0.39, 0.29) is 18.4 Å².